The molecular weight excluding hydrogens is 338 g/mol. The number of hydrogen-bond acceptors (Lipinski definition) is 4. The second kappa shape index (κ2) is 9.16. The van der Waals surface area contributed by atoms with Crippen molar-refractivity contribution in [2.75, 3.05) is 26.7 Å². The van der Waals surface area contributed by atoms with Gasteiger partial charge in [0.2, 0.25) is 0 Å². The molecule has 0 bridgehead atoms. The summed E-state index contributed by atoms with van der Waals surface area (Å²) in [5, 5.41) is 0. The third kappa shape index (κ3) is 4.76. The van der Waals surface area contributed by atoms with E-state index in [1.54, 1.807) is 0 Å². The summed E-state index contributed by atoms with van der Waals surface area (Å²) in [6, 6.07) is 20.2. The van der Waals surface area contributed by atoms with E-state index in [9.17, 15) is 4.79 Å². The van der Waals surface area contributed by atoms with E-state index in [2.05, 4.69) is 43.1 Å². The van der Waals surface area contributed by atoms with Crippen molar-refractivity contribution in [2.24, 2.45) is 0 Å². The van der Waals surface area contributed by atoms with Gasteiger partial charge in [-0.1, -0.05) is 67.6 Å². The van der Waals surface area contributed by atoms with Crippen LogP contribution in [-0.2, 0) is 19.9 Å². The molecule has 0 N–H and O–H groups in total. The van der Waals surface area contributed by atoms with Crippen LogP contribution in [0.1, 0.15) is 37.3 Å². The first-order valence-corrected chi connectivity index (χ1v) is 9.77. The maximum absolute atomic E-state index is 12.5. The predicted octanol–water partition coefficient (Wildman–Crippen LogP) is 3.99. The topological polar surface area (TPSA) is 38.8 Å². The number of carbonyl (C=O) groups excluding carboxylic acids is 1. The molecule has 0 radical (unpaired) electrons. The van der Waals surface area contributed by atoms with Crippen molar-refractivity contribution in [3.8, 4) is 0 Å². The Hall–Kier alpha value is -2.17. The average Bonchev–Trinajstić information content (AvgIpc) is 2.72. The predicted molar refractivity (Wildman–Crippen MR) is 107 cm³/mol. The van der Waals surface area contributed by atoms with Crippen LogP contribution in [0.4, 0.5) is 0 Å². The highest BCUT2D eigenvalue weighted by atomic mass is 16.6. The van der Waals surface area contributed by atoms with Gasteiger partial charge in [0.1, 0.15) is 18.3 Å². The molecule has 1 fully saturated rings. The first-order chi connectivity index (χ1) is 13.1. The number of carbonyl (C=O) groups is 1. The summed E-state index contributed by atoms with van der Waals surface area (Å²) in [4.78, 5) is 14.7. The van der Waals surface area contributed by atoms with Crippen molar-refractivity contribution in [1.29, 1.82) is 0 Å². The molecule has 0 atom stereocenters. The zero-order valence-electron chi connectivity index (χ0n) is 16.3. The monoisotopic (exact) mass is 367 g/mol. The minimum absolute atomic E-state index is 0.00165. The van der Waals surface area contributed by atoms with Gasteiger partial charge in [-0.25, -0.2) is 4.79 Å². The highest BCUT2D eigenvalue weighted by Crippen LogP contribution is 2.36. The Morgan fingerprint density at radius 2 is 1.52 bits per heavy atom. The zero-order valence-corrected chi connectivity index (χ0v) is 16.3. The first kappa shape index (κ1) is 19.6. The van der Waals surface area contributed by atoms with E-state index in [1.807, 2.05) is 36.4 Å². The van der Waals surface area contributed by atoms with Gasteiger partial charge in [-0.2, -0.15) is 0 Å². The molecule has 0 saturated carbocycles. The number of rotatable bonds is 7. The maximum Gasteiger partial charge on any atom is 0.332 e. The number of ether oxygens (including phenoxy) is 2. The minimum Gasteiger partial charge on any atom is -0.461 e. The molecule has 1 heterocycles. The van der Waals surface area contributed by atoms with Gasteiger partial charge in [0.05, 0.1) is 0 Å². The van der Waals surface area contributed by atoms with E-state index >= 15 is 0 Å². The molecule has 4 nitrogen and oxygen atoms in total. The molecule has 0 amide bonds. The summed E-state index contributed by atoms with van der Waals surface area (Å²) in [5.41, 5.74) is 1.44. The summed E-state index contributed by atoms with van der Waals surface area (Å²) < 4.78 is 12.0. The summed E-state index contributed by atoms with van der Waals surface area (Å²) in [5.74, 6) is -0.283. The summed E-state index contributed by atoms with van der Waals surface area (Å²) in [6.07, 6.45) is 2.50. The number of hydrogen-bond donors (Lipinski definition) is 0. The molecular formula is C23H29NO3. The molecule has 2 aromatic rings. The Morgan fingerprint density at radius 3 is 2.00 bits per heavy atom. The fourth-order valence-corrected chi connectivity index (χ4v) is 3.76. The molecule has 3 rings (SSSR count). The molecule has 1 aliphatic heterocycles. The number of esters is 1. The molecule has 0 spiro atoms. The van der Waals surface area contributed by atoms with E-state index in [1.165, 1.54) is 0 Å². The average molecular weight is 367 g/mol. The SMILES string of the molecule is CCC(OCC(=O)OC1CCN(C)CC1)(c1ccccc1)c1ccccc1. The number of likely N-dealkylation sites (tertiary alicyclic amines) is 1. The molecule has 0 unspecified atom stereocenters. The fraction of sp³-hybridized carbons (Fsp3) is 0.435. The number of piperidine rings is 1. The lowest BCUT2D eigenvalue weighted by atomic mass is 9.84. The Morgan fingerprint density at radius 1 is 1.00 bits per heavy atom. The van der Waals surface area contributed by atoms with Crippen LogP contribution in [0.3, 0.4) is 0 Å². The Balaban J connectivity index is 1.73. The maximum atomic E-state index is 12.5. The molecule has 1 aliphatic rings. The molecule has 144 valence electrons. The molecule has 0 aliphatic carbocycles. The lowest BCUT2D eigenvalue weighted by Gasteiger charge is -2.34. The normalized spacial score (nSPS) is 16.2. The molecule has 0 aromatic heterocycles. The number of benzene rings is 2. The Bertz CT molecular complexity index is 669. The van der Waals surface area contributed by atoms with Gasteiger partial charge in [-0.3, -0.25) is 0 Å². The standard InChI is InChI=1S/C23H29NO3/c1-3-23(19-10-6-4-7-11-19,20-12-8-5-9-13-20)26-18-22(25)27-21-14-16-24(2)17-15-21/h4-13,21H,3,14-18H2,1-2H3. The second-order valence-corrected chi connectivity index (χ2v) is 7.19. The largest absolute Gasteiger partial charge is 0.461 e. The van der Waals surface area contributed by atoms with Gasteiger partial charge in [0, 0.05) is 13.1 Å². The van der Waals surface area contributed by atoms with Crippen LogP contribution in [-0.4, -0.2) is 43.7 Å². The van der Waals surface area contributed by atoms with Crippen molar-refractivity contribution >= 4 is 5.97 Å². The quantitative estimate of drug-likeness (QED) is 0.694. The molecule has 2 aromatic carbocycles. The van der Waals surface area contributed by atoms with Crippen LogP contribution in [0.2, 0.25) is 0 Å². The van der Waals surface area contributed by atoms with Crippen molar-refractivity contribution < 1.29 is 14.3 Å². The van der Waals surface area contributed by atoms with Gasteiger partial charge in [0.15, 0.2) is 0 Å². The van der Waals surface area contributed by atoms with Crippen LogP contribution in [0, 0.1) is 0 Å². The molecule has 4 heteroatoms. The zero-order chi connectivity index (χ0) is 19.1. The van der Waals surface area contributed by atoms with E-state index in [0.717, 1.165) is 43.5 Å². The van der Waals surface area contributed by atoms with E-state index in [0.29, 0.717) is 0 Å². The van der Waals surface area contributed by atoms with Crippen molar-refractivity contribution in [1.82, 2.24) is 4.90 Å². The van der Waals surface area contributed by atoms with Crippen LogP contribution >= 0.6 is 0 Å². The van der Waals surface area contributed by atoms with E-state index in [-0.39, 0.29) is 18.7 Å². The fourth-order valence-electron chi connectivity index (χ4n) is 3.76. The molecule has 1 saturated heterocycles. The van der Waals surface area contributed by atoms with Crippen LogP contribution in [0.5, 0.6) is 0 Å². The molecule has 27 heavy (non-hydrogen) atoms. The minimum atomic E-state index is -0.658. The van der Waals surface area contributed by atoms with E-state index in [4.69, 9.17) is 9.47 Å². The summed E-state index contributed by atoms with van der Waals surface area (Å²) >= 11 is 0. The van der Waals surface area contributed by atoms with Crippen LogP contribution in [0.25, 0.3) is 0 Å². The van der Waals surface area contributed by atoms with E-state index < -0.39 is 5.60 Å². The van der Waals surface area contributed by atoms with Crippen molar-refractivity contribution in [2.45, 2.75) is 37.9 Å². The lowest BCUT2D eigenvalue weighted by molar-refractivity contribution is -0.162. The third-order valence-electron chi connectivity index (χ3n) is 5.38. The van der Waals surface area contributed by atoms with Gasteiger partial charge in [0.25, 0.3) is 0 Å². The Kier molecular flexibility index (Phi) is 6.64. The number of nitrogens with zero attached hydrogens (tertiary/aromatic N) is 1. The highest BCUT2D eigenvalue weighted by molar-refractivity contribution is 5.71. The van der Waals surface area contributed by atoms with Crippen LogP contribution < -0.4 is 0 Å². The van der Waals surface area contributed by atoms with Crippen molar-refractivity contribution in [3.05, 3.63) is 71.8 Å². The lowest BCUT2D eigenvalue weighted by Crippen LogP contribution is -2.37. The first-order valence-electron chi connectivity index (χ1n) is 9.77. The van der Waals surface area contributed by atoms with Gasteiger partial charge in [-0.05, 0) is 37.4 Å². The third-order valence-corrected chi connectivity index (χ3v) is 5.38. The Labute approximate surface area is 162 Å². The van der Waals surface area contributed by atoms with Gasteiger partial charge in [-0.15, -0.1) is 0 Å². The highest BCUT2D eigenvalue weighted by Gasteiger charge is 2.34. The van der Waals surface area contributed by atoms with Crippen LogP contribution in [0.15, 0.2) is 60.7 Å². The summed E-state index contributed by atoms with van der Waals surface area (Å²) in [6.45, 7) is 3.96. The summed E-state index contributed by atoms with van der Waals surface area (Å²) in [7, 11) is 2.09. The second-order valence-electron chi connectivity index (χ2n) is 7.19. The van der Waals surface area contributed by atoms with Gasteiger partial charge < -0.3 is 14.4 Å². The van der Waals surface area contributed by atoms with Gasteiger partial charge >= 0.3 is 5.97 Å². The smallest absolute Gasteiger partial charge is 0.332 e. The van der Waals surface area contributed by atoms with Crippen molar-refractivity contribution in [3.63, 3.8) is 0 Å².